The third kappa shape index (κ3) is 3.95. The Kier molecular flexibility index (Phi) is 4.41. The Morgan fingerprint density at radius 1 is 1.21 bits per heavy atom. The molecule has 0 saturated heterocycles. The Balaban J connectivity index is 2.10. The lowest BCUT2D eigenvalue weighted by molar-refractivity contribution is -0.385. The van der Waals surface area contributed by atoms with Crippen LogP contribution in [0.2, 0.25) is 10.3 Å². The first kappa shape index (κ1) is 13.9. The summed E-state index contributed by atoms with van der Waals surface area (Å²) in [6, 6.07) is 7.57. The summed E-state index contributed by atoms with van der Waals surface area (Å²) in [5.41, 5.74) is 0.0110. The van der Waals surface area contributed by atoms with Crippen molar-refractivity contribution in [2.24, 2.45) is 0 Å². The van der Waals surface area contributed by atoms with Gasteiger partial charge in [-0.2, -0.15) is 0 Å². The number of aromatic nitrogens is 2. The first-order valence-corrected chi connectivity index (χ1v) is 6.49. The molecule has 0 aliphatic heterocycles. The molecule has 6 nitrogen and oxygen atoms in total. The number of non-ortho nitro benzene ring substituents is 1. The summed E-state index contributed by atoms with van der Waals surface area (Å²) in [4.78, 5) is 18.6. The van der Waals surface area contributed by atoms with Crippen LogP contribution in [0.3, 0.4) is 0 Å². The Morgan fingerprint density at radius 3 is 2.53 bits per heavy atom. The minimum absolute atomic E-state index is 0.0110. The Bertz CT molecular complexity index is 606. The normalized spacial score (nSPS) is 10.2. The number of anilines is 1. The van der Waals surface area contributed by atoms with Crippen molar-refractivity contribution in [3.8, 4) is 0 Å². The van der Waals surface area contributed by atoms with Gasteiger partial charge in [0.15, 0.2) is 0 Å². The monoisotopic (exact) mass is 316 g/mol. The van der Waals surface area contributed by atoms with Crippen LogP contribution in [0.15, 0.2) is 35.2 Å². The highest BCUT2D eigenvalue weighted by atomic mass is 35.5. The predicted molar refractivity (Wildman–Crippen MR) is 74.6 cm³/mol. The lowest BCUT2D eigenvalue weighted by atomic mass is 10.3. The number of nitrogens with one attached hydrogen (secondary N) is 1. The summed E-state index contributed by atoms with van der Waals surface area (Å²) >= 11 is 12.6. The number of nitro benzene ring substituents is 1. The average molecular weight is 317 g/mol. The summed E-state index contributed by atoms with van der Waals surface area (Å²) in [5.74, 6) is 0.231. The summed E-state index contributed by atoms with van der Waals surface area (Å²) < 4.78 is 2.81. The van der Waals surface area contributed by atoms with E-state index in [0.29, 0.717) is 4.90 Å². The number of benzene rings is 1. The Morgan fingerprint density at radius 2 is 1.89 bits per heavy atom. The third-order valence-electron chi connectivity index (χ3n) is 1.95. The molecule has 0 aliphatic carbocycles. The van der Waals surface area contributed by atoms with E-state index in [1.165, 1.54) is 18.2 Å². The van der Waals surface area contributed by atoms with E-state index >= 15 is 0 Å². The molecule has 0 amide bonds. The highest BCUT2D eigenvalue weighted by Gasteiger charge is 2.07. The second-order valence-corrected chi connectivity index (χ2v) is 4.95. The topological polar surface area (TPSA) is 81.0 Å². The van der Waals surface area contributed by atoms with Crippen molar-refractivity contribution < 1.29 is 4.92 Å². The van der Waals surface area contributed by atoms with Crippen molar-refractivity contribution in [3.63, 3.8) is 0 Å². The van der Waals surface area contributed by atoms with Crippen LogP contribution in [0.1, 0.15) is 0 Å². The molecule has 0 unspecified atom stereocenters. The van der Waals surface area contributed by atoms with Gasteiger partial charge in [0.1, 0.15) is 10.3 Å². The zero-order chi connectivity index (χ0) is 13.8. The molecule has 2 aromatic rings. The zero-order valence-electron chi connectivity index (χ0n) is 9.21. The van der Waals surface area contributed by atoms with Crippen LogP contribution in [-0.4, -0.2) is 14.9 Å². The smallest absolute Gasteiger partial charge is 0.270 e. The highest BCUT2D eigenvalue weighted by molar-refractivity contribution is 8.00. The fourth-order valence-corrected chi connectivity index (χ4v) is 2.25. The molecule has 0 aliphatic rings. The van der Waals surface area contributed by atoms with Crippen LogP contribution >= 0.6 is 35.1 Å². The van der Waals surface area contributed by atoms with Crippen LogP contribution < -0.4 is 4.72 Å². The first-order valence-electron chi connectivity index (χ1n) is 4.92. The van der Waals surface area contributed by atoms with Gasteiger partial charge in [-0.3, -0.25) is 14.8 Å². The van der Waals surface area contributed by atoms with Crippen molar-refractivity contribution in [1.29, 1.82) is 0 Å². The number of nitrogens with zero attached hydrogens (tertiary/aromatic N) is 3. The lowest BCUT2D eigenvalue weighted by Gasteiger charge is -2.04. The van der Waals surface area contributed by atoms with Crippen molar-refractivity contribution >= 4 is 46.8 Å². The summed E-state index contributed by atoms with van der Waals surface area (Å²) in [5, 5.41) is 11.1. The number of halogens is 2. The molecule has 98 valence electrons. The first-order chi connectivity index (χ1) is 9.04. The van der Waals surface area contributed by atoms with Gasteiger partial charge < -0.3 is 0 Å². The molecule has 1 N–H and O–H groups in total. The number of hydrogen-bond donors (Lipinski definition) is 1. The summed E-state index contributed by atoms with van der Waals surface area (Å²) in [6.07, 6.45) is 0. The molecule has 1 heterocycles. The maximum absolute atomic E-state index is 10.6. The Labute approximate surface area is 122 Å². The van der Waals surface area contributed by atoms with E-state index in [1.54, 1.807) is 12.1 Å². The summed E-state index contributed by atoms with van der Waals surface area (Å²) in [6.45, 7) is 0. The molecule has 1 aromatic carbocycles. The average Bonchev–Trinajstić information content (AvgIpc) is 2.35. The van der Waals surface area contributed by atoms with Gasteiger partial charge in [0.05, 0.1) is 4.92 Å². The molecule has 0 radical (unpaired) electrons. The van der Waals surface area contributed by atoms with Crippen LogP contribution in [0.5, 0.6) is 0 Å². The van der Waals surface area contributed by atoms with Gasteiger partial charge in [-0.15, -0.1) is 0 Å². The van der Waals surface area contributed by atoms with Gasteiger partial charge >= 0.3 is 0 Å². The highest BCUT2D eigenvalue weighted by Crippen LogP contribution is 2.24. The number of rotatable bonds is 4. The number of nitro groups is 1. The quantitative estimate of drug-likeness (QED) is 0.400. The van der Waals surface area contributed by atoms with E-state index in [1.807, 2.05) is 0 Å². The van der Waals surface area contributed by atoms with Crippen molar-refractivity contribution in [2.45, 2.75) is 4.90 Å². The van der Waals surface area contributed by atoms with Gasteiger partial charge in [-0.25, -0.2) is 9.97 Å². The van der Waals surface area contributed by atoms with Crippen molar-refractivity contribution in [2.75, 3.05) is 4.72 Å². The van der Waals surface area contributed by atoms with Gasteiger partial charge in [0, 0.05) is 23.1 Å². The van der Waals surface area contributed by atoms with E-state index in [2.05, 4.69) is 14.7 Å². The van der Waals surface area contributed by atoms with E-state index in [0.717, 1.165) is 11.9 Å². The van der Waals surface area contributed by atoms with Crippen molar-refractivity contribution in [3.05, 3.63) is 50.8 Å². The second kappa shape index (κ2) is 6.05. The SMILES string of the molecule is O=[N+]([O-])c1cccc(SNc2nc(Cl)cc(Cl)n2)c1. The molecular weight excluding hydrogens is 311 g/mol. The molecule has 2 rings (SSSR count). The molecule has 9 heteroatoms. The van der Waals surface area contributed by atoms with E-state index in [-0.39, 0.29) is 21.9 Å². The van der Waals surface area contributed by atoms with E-state index < -0.39 is 4.92 Å². The van der Waals surface area contributed by atoms with Crippen LogP contribution in [0.25, 0.3) is 0 Å². The molecule has 19 heavy (non-hydrogen) atoms. The van der Waals surface area contributed by atoms with Crippen molar-refractivity contribution in [1.82, 2.24) is 9.97 Å². The van der Waals surface area contributed by atoms with Crippen LogP contribution in [-0.2, 0) is 0 Å². The fourth-order valence-electron chi connectivity index (χ4n) is 1.20. The van der Waals surface area contributed by atoms with Gasteiger partial charge in [0.25, 0.3) is 5.69 Å². The van der Waals surface area contributed by atoms with Crippen LogP contribution in [0.4, 0.5) is 11.6 Å². The van der Waals surface area contributed by atoms with Crippen LogP contribution in [0, 0.1) is 10.1 Å². The minimum atomic E-state index is -0.461. The minimum Gasteiger partial charge on any atom is -0.294 e. The number of hydrogen-bond acceptors (Lipinski definition) is 6. The molecule has 0 saturated carbocycles. The standard InChI is InChI=1S/C10H6Cl2N4O2S/c11-8-5-9(12)14-10(13-8)15-19-7-3-1-2-6(4-7)16(17)18/h1-5H,(H,13,14,15). The summed E-state index contributed by atoms with van der Waals surface area (Å²) in [7, 11) is 0. The van der Waals surface area contributed by atoms with Gasteiger partial charge in [0.2, 0.25) is 5.95 Å². The largest absolute Gasteiger partial charge is 0.294 e. The second-order valence-electron chi connectivity index (χ2n) is 3.30. The van der Waals surface area contributed by atoms with E-state index in [9.17, 15) is 10.1 Å². The van der Waals surface area contributed by atoms with Gasteiger partial charge in [-0.05, 0) is 18.0 Å². The maximum Gasteiger partial charge on any atom is 0.270 e. The maximum atomic E-state index is 10.6. The van der Waals surface area contributed by atoms with Gasteiger partial charge in [-0.1, -0.05) is 29.3 Å². The molecule has 1 aromatic heterocycles. The third-order valence-corrected chi connectivity index (χ3v) is 3.11. The zero-order valence-corrected chi connectivity index (χ0v) is 11.5. The lowest BCUT2D eigenvalue weighted by Crippen LogP contribution is -1.95. The predicted octanol–water partition coefficient (Wildman–Crippen LogP) is 3.81. The Hall–Kier alpha value is -1.57. The molecule has 0 fully saturated rings. The fraction of sp³-hybridized carbons (Fsp3) is 0. The molecular formula is C10H6Cl2N4O2S. The van der Waals surface area contributed by atoms with E-state index in [4.69, 9.17) is 23.2 Å². The molecule has 0 spiro atoms. The molecule has 0 bridgehead atoms. The molecule has 0 atom stereocenters.